The number of benzene rings is 4. The van der Waals surface area contributed by atoms with E-state index in [-0.39, 0.29) is 36.5 Å². The van der Waals surface area contributed by atoms with Crippen LogP contribution in [-0.2, 0) is 32.2 Å². The van der Waals surface area contributed by atoms with Crippen molar-refractivity contribution in [2.45, 2.75) is 76.3 Å². The van der Waals surface area contributed by atoms with Crippen molar-refractivity contribution >= 4 is 23.6 Å². The van der Waals surface area contributed by atoms with Gasteiger partial charge in [-0.3, -0.25) is 9.59 Å². The number of ether oxygens (including phenoxy) is 2. The molecule has 4 atom stereocenters. The topological polar surface area (TPSA) is 140 Å². The first-order valence-electron chi connectivity index (χ1n) is 18.1. The van der Waals surface area contributed by atoms with E-state index in [1.165, 1.54) is 6.92 Å². The third-order valence-electron chi connectivity index (χ3n) is 9.38. The quantitative estimate of drug-likeness (QED) is 0.0745. The van der Waals surface area contributed by atoms with Gasteiger partial charge in [0.1, 0.15) is 0 Å². The maximum atomic E-state index is 12.6. The molecule has 1 fully saturated rings. The number of unbranched alkanes of at least 4 members (excludes halogenated alkanes) is 2. The highest BCUT2D eigenvalue weighted by Crippen LogP contribution is 2.43. The summed E-state index contributed by atoms with van der Waals surface area (Å²) in [5.74, 6) is 0.592. The predicted molar refractivity (Wildman–Crippen MR) is 204 cm³/mol. The largest absolute Gasteiger partial charge is 0.392 e. The van der Waals surface area contributed by atoms with Gasteiger partial charge in [-0.15, -0.1) is 5.10 Å². The minimum absolute atomic E-state index is 0.00452. The summed E-state index contributed by atoms with van der Waals surface area (Å²) >= 11 is 1.54. The van der Waals surface area contributed by atoms with E-state index < -0.39 is 6.29 Å². The highest BCUT2D eigenvalue weighted by Gasteiger charge is 2.38. The van der Waals surface area contributed by atoms with Crippen LogP contribution >= 0.6 is 11.8 Å². The Labute approximate surface area is 314 Å². The molecule has 2 amide bonds. The van der Waals surface area contributed by atoms with Gasteiger partial charge >= 0.3 is 0 Å². The molecule has 11 nitrogen and oxygen atoms in total. The molecule has 0 bridgehead atoms. The first-order valence-corrected chi connectivity index (χ1v) is 19.0. The Morgan fingerprint density at radius 2 is 1.58 bits per heavy atom. The van der Waals surface area contributed by atoms with Gasteiger partial charge in [-0.2, -0.15) is 4.68 Å². The van der Waals surface area contributed by atoms with Crippen molar-refractivity contribution in [2.75, 3.05) is 12.3 Å². The first kappa shape index (κ1) is 37.9. The third kappa shape index (κ3) is 10.2. The summed E-state index contributed by atoms with van der Waals surface area (Å²) in [5, 5.41) is 28.6. The van der Waals surface area contributed by atoms with Crippen molar-refractivity contribution in [1.82, 2.24) is 30.8 Å². The number of nitrogens with one attached hydrogen (secondary N) is 2. The molecule has 1 saturated heterocycles. The monoisotopic (exact) mass is 734 g/mol. The summed E-state index contributed by atoms with van der Waals surface area (Å²) in [6.45, 7) is 4.69. The van der Waals surface area contributed by atoms with E-state index in [1.807, 2.05) is 84.9 Å². The number of carbonyl (C=O) groups is 2. The molecule has 0 radical (unpaired) electrons. The average molecular weight is 735 g/mol. The maximum Gasteiger partial charge on any atom is 0.220 e. The minimum Gasteiger partial charge on any atom is -0.392 e. The van der Waals surface area contributed by atoms with Crippen molar-refractivity contribution in [2.24, 2.45) is 5.92 Å². The van der Waals surface area contributed by atoms with Gasteiger partial charge in [-0.25, -0.2) is 0 Å². The number of aromatic nitrogens is 4. The highest BCUT2D eigenvalue weighted by atomic mass is 32.2. The van der Waals surface area contributed by atoms with Crippen LogP contribution in [0.3, 0.4) is 0 Å². The molecular formula is C41H46N6O5S. The maximum absolute atomic E-state index is 12.6. The number of aliphatic hydroxyl groups is 1. The van der Waals surface area contributed by atoms with Gasteiger partial charge in [-0.05, 0) is 63.2 Å². The van der Waals surface area contributed by atoms with Crippen molar-refractivity contribution in [3.63, 3.8) is 0 Å². The van der Waals surface area contributed by atoms with E-state index >= 15 is 0 Å². The van der Waals surface area contributed by atoms with Crippen LogP contribution in [0.4, 0.5) is 0 Å². The second-order valence-corrected chi connectivity index (χ2v) is 14.2. The molecule has 0 spiro atoms. The number of thioether (sulfide) groups is 1. The molecule has 4 aromatic carbocycles. The van der Waals surface area contributed by atoms with Gasteiger partial charge in [0, 0.05) is 43.7 Å². The lowest BCUT2D eigenvalue weighted by Crippen LogP contribution is -2.38. The Kier molecular flexibility index (Phi) is 13.4. The van der Waals surface area contributed by atoms with E-state index in [9.17, 15) is 14.7 Å². The lowest BCUT2D eigenvalue weighted by Gasteiger charge is -2.41. The second kappa shape index (κ2) is 18.7. The third-order valence-corrected chi connectivity index (χ3v) is 10.4. The molecule has 6 rings (SSSR count). The van der Waals surface area contributed by atoms with E-state index in [0.29, 0.717) is 30.4 Å². The zero-order chi connectivity index (χ0) is 37.0. The van der Waals surface area contributed by atoms with Crippen molar-refractivity contribution < 1.29 is 24.2 Å². The van der Waals surface area contributed by atoms with Crippen LogP contribution in [0.5, 0.6) is 0 Å². The average Bonchev–Trinajstić information content (AvgIpc) is 3.67. The van der Waals surface area contributed by atoms with Crippen molar-refractivity contribution in [1.29, 1.82) is 0 Å². The van der Waals surface area contributed by atoms with Gasteiger partial charge < -0.3 is 25.2 Å². The number of amides is 2. The molecule has 1 aromatic heterocycles. The number of para-hydroxylation sites is 1. The minimum atomic E-state index is -0.619. The van der Waals surface area contributed by atoms with Gasteiger partial charge in [0.05, 0.1) is 24.5 Å². The number of tetrazole rings is 1. The van der Waals surface area contributed by atoms with Crippen LogP contribution in [0, 0.1) is 5.92 Å². The molecule has 3 N–H and O–H groups in total. The normalized spacial score (nSPS) is 18.4. The van der Waals surface area contributed by atoms with Crippen LogP contribution in [0.2, 0.25) is 0 Å². The standard InChI is InChI=1S/C41H46N6O5S/c1-28-37(27-53-41-44-45-46-47(41)35-12-5-3-6-13-35)51-40(52-39(28)32-18-16-30(26-48)17-19-32)33-22-20-31(21-23-33)36-14-9-8-11-34(36)25-43-38(50)15-7-4-10-24-42-29(2)49/h3,5-6,8-9,11-14,16-23,28,37,39-40,48H,4,7,10,15,24-27H2,1-2H3,(H,42,49)(H,43,50)/t28-,37+,39+,40+/m1/s1. The van der Waals surface area contributed by atoms with E-state index in [2.05, 4.69) is 51.3 Å². The molecular weight excluding hydrogens is 689 g/mol. The van der Waals surface area contributed by atoms with Crippen LogP contribution < -0.4 is 10.6 Å². The van der Waals surface area contributed by atoms with E-state index in [0.717, 1.165) is 58.3 Å². The summed E-state index contributed by atoms with van der Waals surface area (Å²) in [6, 6.07) is 34.0. The summed E-state index contributed by atoms with van der Waals surface area (Å²) < 4.78 is 15.1. The molecule has 0 aliphatic carbocycles. The zero-order valence-corrected chi connectivity index (χ0v) is 30.9. The predicted octanol–water partition coefficient (Wildman–Crippen LogP) is 6.72. The van der Waals surface area contributed by atoms with Crippen molar-refractivity contribution in [3.05, 3.63) is 125 Å². The summed E-state index contributed by atoms with van der Waals surface area (Å²) in [6.07, 6.45) is 1.91. The van der Waals surface area contributed by atoms with Crippen LogP contribution in [-0.4, -0.2) is 55.5 Å². The lowest BCUT2D eigenvalue weighted by atomic mass is 9.91. The highest BCUT2D eigenvalue weighted by molar-refractivity contribution is 7.99. The molecule has 1 aliphatic rings. The summed E-state index contributed by atoms with van der Waals surface area (Å²) in [4.78, 5) is 23.6. The van der Waals surface area contributed by atoms with Crippen LogP contribution in [0.1, 0.15) is 74.2 Å². The molecule has 12 heteroatoms. The SMILES string of the molecule is CC(=O)NCCCCCC(=O)NCc1ccccc1-c1ccc([C@H]2O[C@@H](CSc3nnnn3-c3ccccc3)[C@@H](C)[C@@H](c3ccc(CO)cc3)O2)cc1. The van der Waals surface area contributed by atoms with Crippen LogP contribution in [0.25, 0.3) is 16.8 Å². The Bertz CT molecular complexity index is 1920. The molecule has 2 heterocycles. The Morgan fingerprint density at radius 3 is 2.34 bits per heavy atom. The van der Waals surface area contributed by atoms with Crippen molar-refractivity contribution in [3.8, 4) is 16.8 Å². The fraction of sp³-hybridized carbons (Fsp3) is 0.341. The van der Waals surface area contributed by atoms with Gasteiger partial charge in [0.2, 0.25) is 17.0 Å². The fourth-order valence-corrected chi connectivity index (χ4v) is 7.43. The number of hydrogen-bond acceptors (Lipinski definition) is 9. The van der Waals surface area contributed by atoms with E-state index in [4.69, 9.17) is 9.47 Å². The number of carbonyl (C=O) groups excluding carboxylic acids is 2. The number of aliphatic hydroxyl groups excluding tert-OH is 1. The molecule has 276 valence electrons. The van der Waals surface area contributed by atoms with Gasteiger partial charge in [0.25, 0.3) is 0 Å². The Morgan fingerprint density at radius 1 is 0.849 bits per heavy atom. The van der Waals surface area contributed by atoms with E-state index in [1.54, 1.807) is 16.4 Å². The first-order chi connectivity index (χ1) is 25.9. The second-order valence-electron chi connectivity index (χ2n) is 13.2. The molecule has 5 aromatic rings. The lowest BCUT2D eigenvalue weighted by molar-refractivity contribution is -0.268. The number of nitrogens with zero attached hydrogens (tertiary/aromatic N) is 4. The molecule has 0 saturated carbocycles. The van der Waals surface area contributed by atoms with Gasteiger partial charge in [0.15, 0.2) is 6.29 Å². The summed E-state index contributed by atoms with van der Waals surface area (Å²) in [7, 11) is 0. The summed E-state index contributed by atoms with van der Waals surface area (Å²) in [5.41, 5.74) is 6.74. The molecule has 0 unspecified atom stereocenters. The fourth-order valence-electron chi connectivity index (χ4n) is 6.38. The Hall–Kier alpha value is -4.88. The number of rotatable bonds is 16. The molecule has 1 aliphatic heterocycles. The molecule has 53 heavy (non-hydrogen) atoms. The zero-order valence-electron chi connectivity index (χ0n) is 30.1. The van der Waals surface area contributed by atoms with Gasteiger partial charge in [-0.1, -0.05) is 116 Å². The number of hydrogen-bond donors (Lipinski definition) is 3. The Balaban J connectivity index is 1.14. The van der Waals surface area contributed by atoms with Crippen LogP contribution in [0.15, 0.2) is 108 Å². The smallest absolute Gasteiger partial charge is 0.220 e.